The Bertz CT molecular complexity index is 906. The van der Waals surface area contributed by atoms with Gasteiger partial charge in [-0.1, -0.05) is 29.8 Å². The van der Waals surface area contributed by atoms with Crippen LogP contribution in [0.4, 0.5) is 5.69 Å². The molecule has 0 saturated carbocycles. The van der Waals surface area contributed by atoms with Gasteiger partial charge in [-0.25, -0.2) is 0 Å². The van der Waals surface area contributed by atoms with Crippen LogP contribution in [0.5, 0.6) is 0 Å². The number of carbonyl (C=O) groups excluding carboxylic acids is 3. The predicted molar refractivity (Wildman–Crippen MR) is 118 cm³/mol. The summed E-state index contributed by atoms with van der Waals surface area (Å²) >= 11 is 5.89. The molecule has 7 heteroatoms. The van der Waals surface area contributed by atoms with Crippen LogP contribution in [0, 0.1) is 0 Å². The van der Waals surface area contributed by atoms with E-state index in [1.54, 1.807) is 24.3 Å². The van der Waals surface area contributed by atoms with Crippen molar-refractivity contribution in [2.75, 3.05) is 18.4 Å². The molecule has 158 valence electrons. The fraction of sp³-hybridized carbons (Fsp3) is 0.348. The molecular weight excluding hydrogens is 402 g/mol. The van der Waals surface area contributed by atoms with Gasteiger partial charge in [0.25, 0.3) is 5.91 Å². The summed E-state index contributed by atoms with van der Waals surface area (Å²) in [4.78, 5) is 38.1. The third-order valence-electron chi connectivity index (χ3n) is 5.17. The van der Waals surface area contributed by atoms with E-state index in [4.69, 9.17) is 11.6 Å². The number of nitrogens with one attached hydrogen (secondary N) is 2. The largest absolute Gasteiger partial charge is 0.349 e. The van der Waals surface area contributed by atoms with Gasteiger partial charge >= 0.3 is 0 Å². The van der Waals surface area contributed by atoms with Crippen molar-refractivity contribution in [3.63, 3.8) is 0 Å². The third kappa shape index (κ3) is 6.32. The van der Waals surface area contributed by atoms with Crippen molar-refractivity contribution in [2.45, 2.75) is 38.6 Å². The summed E-state index contributed by atoms with van der Waals surface area (Å²) in [5.41, 5.74) is 2.19. The van der Waals surface area contributed by atoms with Gasteiger partial charge in [0.2, 0.25) is 11.8 Å². The molecule has 1 heterocycles. The molecule has 1 aliphatic heterocycles. The fourth-order valence-electron chi connectivity index (χ4n) is 3.54. The van der Waals surface area contributed by atoms with Crippen LogP contribution < -0.4 is 10.6 Å². The lowest BCUT2D eigenvalue weighted by molar-refractivity contribution is -0.132. The Morgan fingerprint density at radius 3 is 2.43 bits per heavy atom. The number of nitrogens with zero attached hydrogens (tertiary/aromatic N) is 1. The molecule has 2 aromatic carbocycles. The number of aryl methyl sites for hydroxylation is 1. The topological polar surface area (TPSA) is 78.5 Å². The van der Waals surface area contributed by atoms with Gasteiger partial charge in [-0.15, -0.1) is 0 Å². The molecule has 1 aliphatic rings. The number of hydrogen-bond donors (Lipinski definition) is 2. The normalized spacial score (nSPS) is 14.3. The highest BCUT2D eigenvalue weighted by atomic mass is 35.5. The molecule has 0 unspecified atom stereocenters. The Kier molecular flexibility index (Phi) is 7.46. The smallest absolute Gasteiger partial charge is 0.251 e. The minimum absolute atomic E-state index is 0.0298. The molecule has 0 atom stereocenters. The second-order valence-corrected chi connectivity index (χ2v) is 7.95. The molecule has 2 aromatic rings. The number of likely N-dealkylation sites (tertiary alicyclic amines) is 1. The number of anilines is 1. The number of rotatable bonds is 6. The first-order chi connectivity index (χ1) is 14.4. The van der Waals surface area contributed by atoms with E-state index in [1.165, 1.54) is 6.92 Å². The zero-order chi connectivity index (χ0) is 21.5. The number of hydrogen-bond acceptors (Lipinski definition) is 3. The van der Waals surface area contributed by atoms with Gasteiger partial charge in [-0.05, 0) is 55.2 Å². The first-order valence-electron chi connectivity index (χ1n) is 10.1. The molecule has 3 amide bonds. The zero-order valence-electron chi connectivity index (χ0n) is 17.0. The fourth-order valence-corrected chi connectivity index (χ4v) is 3.67. The van der Waals surface area contributed by atoms with Crippen molar-refractivity contribution in [1.82, 2.24) is 10.2 Å². The van der Waals surface area contributed by atoms with Gasteiger partial charge < -0.3 is 15.5 Å². The second kappa shape index (κ2) is 10.3. The molecule has 0 aliphatic carbocycles. The molecule has 1 saturated heterocycles. The van der Waals surface area contributed by atoms with Crippen LogP contribution in [0.2, 0.25) is 5.02 Å². The SMILES string of the molecule is CC(=O)Nc1cccc(C(=O)NC2CCN(C(=O)CCc3ccc(Cl)cc3)CC2)c1. The van der Waals surface area contributed by atoms with Crippen LogP contribution in [0.3, 0.4) is 0 Å². The van der Waals surface area contributed by atoms with Crippen molar-refractivity contribution >= 4 is 35.0 Å². The van der Waals surface area contributed by atoms with Gasteiger partial charge in [0.15, 0.2) is 0 Å². The summed E-state index contributed by atoms with van der Waals surface area (Å²) in [6.07, 6.45) is 2.61. The molecule has 0 radical (unpaired) electrons. The van der Waals surface area contributed by atoms with E-state index in [2.05, 4.69) is 10.6 Å². The van der Waals surface area contributed by atoms with E-state index in [0.717, 1.165) is 18.4 Å². The molecule has 0 bridgehead atoms. The monoisotopic (exact) mass is 427 g/mol. The maximum Gasteiger partial charge on any atom is 0.251 e. The minimum atomic E-state index is -0.180. The van der Waals surface area contributed by atoms with Crippen molar-refractivity contribution in [3.05, 3.63) is 64.7 Å². The quantitative estimate of drug-likeness (QED) is 0.738. The predicted octanol–water partition coefficient (Wildman–Crippen LogP) is 3.65. The number of halogens is 1. The van der Waals surface area contributed by atoms with Crippen LogP contribution >= 0.6 is 11.6 Å². The van der Waals surface area contributed by atoms with Gasteiger partial charge in [0, 0.05) is 48.7 Å². The zero-order valence-corrected chi connectivity index (χ0v) is 17.7. The lowest BCUT2D eigenvalue weighted by Gasteiger charge is -2.32. The highest BCUT2D eigenvalue weighted by Crippen LogP contribution is 2.16. The number of benzene rings is 2. The van der Waals surface area contributed by atoms with Crippen molar-refractivity contribution in [1.29, 1.82) is 0 Å². The van der Waals surface area contributed by atoms with Gasteiger partial charge in [0.1, 0.15) is 0 Å². The first kappa shape index (κ1) is 21.8. The molecule has 1 fully saturated rings. The summed E-state index contributed by atoms with van der Waals surface area (Å²) < 4.78 is 0. The average Bonchev–Trinajstić information content (AvgIpc) is 2.73. The van der Waals surface area contributed by atoms with Crippen LogP contribution in [-0.4, -0.2) is 41.8 Å². The number of amides is 3. The standard InChI is InChI=1S/C23H26ClN3O3/c1-16(28)25-21-4-2-3-18(15-21)23(30)26-20-11-13-27(14-12-20)22(29)10-7-17-5-8-19(24)9-6-17/h2-6,8-9,15,20H,7,10-14H2,1H3,(H,25,28)(H,26,30). The summed E-state index contributed by atoms with van der Waals surface area (Å²) in [5, 5.41) is 6.41. The second-order valence-electron chi connectivity index (χ2n) is 7.52. The first-order valence-corrected chi connectivity index (χ1v) is 10.5. The highest BCUT2D eigenvalue weighted by molar-refractivity contribution is 6.30. The summed E-state index contributed by atoms with van der Waals surface area (Å²) in [5.74, 6) is -0.215. The van der Waals surface area contributed by atoms with Gasteiger partial charge in [-0.2, -0.15) is 0 Å². The minimum Gasteiger partial charge on any atom is -0.349 e. The molecule has 3 rings (SSSR count). The van der Waals surface area contributed by atoms with Gasteiger partial charge in [0.05, 0.1) is 0 Å². The Morgan fingerprint density at radius 1 is 1.07 bits per heavy atom. The van der Waals surface area contributed by atoms with Crippen molar-refractivity contribution in [2.24, 2.45) is 0 Å². The molecular formula is C23H26ClN3O3. The summed E-state index contributed by atoms with van der Waals surface area (Å²) in [6, 6.07) is 14.4. The van der Waals surface area contributed by atoms with Crippen LogP contribution in [-0.2, 0) is 16.0 Å². The van der Waals surface area contributed by atoms with Crippen molar-refractivity contribution < 1.29 is 14.4 Å². The Hall–Kier alpha value is -2.86. The van der Waals surface area contributed by atoms with E-state index in [0.29, 0.717) is 42.2 Å². The van der Waals surface area contributed by atoms with E-state index in [9.17, 15) is 14.4 Å². The molecule has 0 spiro atoms. The Balaban J connectivity index is 1.44. The maximum atomic E-state index is 12.5. The van der Waals surface area contributed by atoms with Crippen LogP contribution in [0.1, 0.15) is 42.1 Å². The lowest BCUT2D eigenvalue weighted by Crippen LogP contribution is -2.46. The Labute approximate surface area is 181 Å². The lowest BCUT2D eigenvalue weighted by atomic mass is 10.0. The number of carbonyl (C=O) groups is 3. The molecule has 2 N–H and O–H groups in total. The summed E-state index contributed by atoms with van der Waals surface area (Å²) in [6.45, 7) is 2.70. The average molecular weight is 428 g/mol. The Morgan fingerprint density at radius 2 is 1.77 bits per heavy atom. The highest BCUT2D eigenvalue weighted by Gasteiger charge is 2.24. The van der Waals surface area contributed by atoms with Crippen molar-refractivity contribution in [3.8, 4) is 0 Å². The van der Waals surface area contributed by atoms with E-state index in [-0.39, 0.29) is 23.8 Å². The van der Waals surface area contributed by atoms with Gasteiger partial charge in [-0.3, -0.25) is 14.4 Å². The summed E-state index contributed by atoms with van der Waals surface area (Å²) in [7, 11) is 0. The van der Waals surface area contributed by atoms with Crippen LogP contribution in [0.25, 0.3) is 0 Å². The molecule has 6 nitrogen and oxygen atoms in total. The molecule has 0 aromatic heterocycles. The van der Waals surface area contributed by atoms with E-state index < -0.39 is 0 Å². The number of piperidine rings is 1. The third-order valence-corrected chi connectivity index (χ3v) is 5.42. The van der Waals surface area contributed by atoms with E-state index in [1.807, 2.05) is 29.2 Å². The van der Waals surface area contributed by atoms with E-state index >= 15 is 0 Å². The maximum absolute atomic E-state index is 12.5. The van der Waals surface area contributed by atoms with Crippen LogP contribution in [0.15, 0.2) is 48.5 Å². The molecule has 30 heavy (non-hydrogen) atoms.